The molecule has 0 bridgehead atoms. The number of para-hydroxylation sites is 1. The Morgan fingerprint density at radius 1 is 1.13 bits per heavy atom. The number of nitrogens with zero attached hydrogens (tertiary/aromatic N) is 3. The first kappa shape index (κ1) is 19.4. The SMILES string of the molecule is O=C(Nc1ccc(CSc2ncn[nH]2)cc1)c1ccc(-c2ccccc2[N+](=O)[O-])o1. The van der Waals surface area contributed by atoms with Crippen LogP contribution in [0.15, 0.2) is 76.6 Å². The van der Waals surface area contributed by atoms with Crippen LogP contribution in [0, 0.1) is 10.1 Å². The summed E-state index contributed by atoms with van der Waals surface area (Å²) in [6, 6.07) is 16.6. The van der Waals surface area contributed by atoms with Gasteiger partial charge in [0.05, 0.1) is 10.5 Å². The molecule has 2 aromatic carbocycles. The maximum Gasteiger partial charge on any atom is 0.291 e. The lowest BCUT2D eigenvalue weighted by Gasteiger charge is -2.05. The molecule has 0 spiro atoms. The van der Waals surface area contributed by atoms with Crippen LogP contribution in [0.1, 0.15) is 16.1 Å². The molecule has 0 aliphatic carbocycles. The van der Waals surface area contributed by atoms with E-state index in [1.165, 1.54) is 30.2 Å². The number of nitro benzene ring substituents is 1. The Kier molecular flexibility index (Phi) is 5.57. The lowest BCUT2D eigenvalue weighted by atomic mass is 10.1. The van der Waals surface area contributed by atoms with Gasteiger partial charge >= 0.3 is 0 Å². The summed E-state index contributed by atoms with van der Waals surface area (Å²) in [5.74, 6) is 0.588. The van der Waals surface area contributed by atoms with E-state index in [4.69, 9.17) is 4.42 Å². The molecule has 9 nitrogen and oxygen atoms in total. The highest BCUT2D eigenvalue weighted by atomic mass is 32.2. The van der Waals surface area contributed by atoms with Crippen molar-refractivity contribution in [3.8, 4) is 11.3 Å². The van der Waals surface area contributed by atoms with E-state index < -0.39 is 10.8 Å². The van der Waals surface area contributed by atoms with Gasteiger partial charge in [0.1, 0.15) is 12.1 Å². The monoisotopic (exact) mass is 421 g/mol. The summed E-state index contributed by atoms with van der Waals surface area (Å²) in [5.41, 5.74) is 1.90. The largest absolute Gasteiger partial charge is 0.451 e. The number of H-pyrrole nitrogens is 1. The smallest absolute Gasteiger partial charge is 0.291 e. The van der Waals surface area contributed by atoms with Crippen LogP contribution in [0.5, 0.6) is 0 Å². The second-order valence-corrected chi connectivity index (χ2v) is 7.13. The molecule has 2 N–H and O–H groups in total. The molecular formula is C20H15N5O4S. The molecule has 30 heavy (non-hydrogen) atoms. The number of aromatic amines is 1. The fourth-order valence-electron chi connectivity index (χ4n) is 2.74. The van der Waals surface area contributed by atoms with Crippen LogP contribution in [0.2, 0.25) is 0 Å². The van der Waals surface area contributed by atoms with E-state index in [0.29, 0.717) is 17.0 Å². The molecule has 0 aliphatic heterocycles. The van der Waals surface area contributed by atoms with Crippen LogP contribution in [0.3, 0.4) is 0 Å². The standard InChI is InChI=1S/C20H15N5O4S/c26-19(18-10-9-17(29-18)15-3-1-2-4-16(15)25(27)28)23-14-7-5-13(6-8-14)11-30-20-21-12-22-24-20/h1-10,12H,11H2,(H,23,26)(H,21,22,24). The maximum atomic E-state index is 12.5. The van der Waals surface area contributed by atoms with Gasteiger partial charge in [-0.2, -0.15) is 5.10 Å². The van der Waals surface area contributed by atoms with Crippen molar-refractivity contribution in [2.75, 3.05) is 5.32 Å². The third-order valence-corrected chi connectivity index (χ3v) is 5.12. The summed E-state index contributed by atoms with van der Waals surface area (Å²) < 4.78 is 5.56. The highest BCUT2D eigenvalue weighted by Crippen LogP contribution is 2.31. The topological polar surface area (TPSA) is 127 Å². The van der Waals surface area contributed by atoms with Gasteiger partial charge < -0.3 is 9.73 Å². The molecule has 0 radical (unpaired) electrons. The number of aromatic nitrogens is 3. The average Bonchev–Trinajstić information content (AvgIpc) is 3.45. The van der Waals surface area contributed by atoms with Crippen LogP contribution in [0.4, 0.5) is 11.4 Å². The van der Waals surface area contributed by atoms with E-state index in [2.05, 4.69) is 20.5 Å². The Hall–Kier alpha value is -3.92. The van der Waals surface area contributed by atoms with E-state index in [1.807, 2.05) is 12.1 Å². The van der Waals surface area contributed by atoms with Gasteiger partial charge in [-0.25, -0.2) is 4.98 Å². The molecule has 10 heteroatoms. The molecule has 0 saturated carbocycles. The Balaban J connectivity index is 1.42. The number of rotatable bonds is 7. The van der Waals surface area contributed by atoms with Crippen molar-refractivity contribution in [3.05, 3.63) is 88.4 Å². The van der Waals surface area contributed by atoms with Gasteiger partial charge in [-0.1, -0.05) is 36.0 Å². The van der Waals surface area contributed by atoms with Crippen LogP contribution >= 0.6 is 11.8 Å². The summed E-state index contributed by atoms with van der Waals surface area (Å²) in [6.07, 6.45) is 1.46. The predicted molar refractivity (Wildman–Crippen MR) is 111 cm³/mol. The van der Waals surface area contributed by atoms with Crippen molar-refractivity contribution < 1.29 is 14.1 Å². The summed E-state index contributed by atoms with van der Waals surface area (Å²) in [4.78, 5) is 27.2. The number of hydrogen-bond acceptors (Lipinski definition) is 7. The van der Waals surface area contributed by atoms with Crippen molar-refractivity contribution in [2.45, 2.75) is 10.9 Å². The third-order valence-electron chi connectivity index (χ3n) is 4.18. The number of amides is 1. The third kappa shape index (κ3) is 4.39. The van der Waals surface area contributed by atoms with Crippen molar-refractivity contribution >= 4 is 29.0 Å². The van der Waals surface area contributed by atoms with Crippen molar-refractivity contribution in [2.24, 2.45) is 0 Å². The number of nitrogens with one attached hydrogen (secondary N) is 2. The number of anilines is 1. The van der Waals surface area contributed by atoms with Crippen molar-refractivity contribution in [1.29, 1.82) is 0 Å². The summed E-state index contributed by atoms with van der Waals surface area (Å²) in [5, 5.41) is 21.3. The Labute approximate surface area is 174 Å². The molecule has 2 heterocycles. The van der Waals surface area contributed by atoms with Gasteiger partial charge in [-0.15, -0.1) is 0 Å². The molecular weight excluding hydrogens is 406 g/mol. The number of furan rings is 1. The van der Waals surface area contributed by atoms with Gasteiger partial charge in [0.25, 0.3) is 11.6 Å². The molecule has 0 fully saturated rings. The Bertz CT molecular complexity index is 1170. The fourth-order valence-corrected chi connectivity index (χ4v) is 3.47. The minimum absolute atomic E-state index is 0.0631. The molecule has 4 aromatic rings. The van der Waals surface area contributed by atoms with Crippen LogP contribution in [0.25, 0.3) is 11.3 Å². The minimum Gasteiger partial charge on any atom is -0.451 e. The number of benzene rings is 2. The zero-order chi connectivity index (χ0) is 20.9. The number of thioether (sulfide) groups is 1. The molecule has 0 atom stereocenters. The molecule has 0 aliphatic rings. The zero-order valence-corrected chi connectivity index (χ0v) is 16.3. The number of carbonyl (C=O) groups excluding carboxylic acids is 1. The van der Waals surface area contributed by atoms with Gasteiger partial charge in [0.15, 0.2) is 10.9 Å². The number of nitro groups is 1. The summed E-state index contributed by atoms with van der Waals surface area (Å²) in [6.45, 7) is 0. The average molecular weight is 421 g/mol. The first-order chi connectivity index (χ1) is 14.6. The van der Waals surface area contributed by atoms with Gasteiger partial charge in [-0.05, 0) is 35.9 Å². The predicted octanol–water partition coefficient (Wildman–Crippen LogP) is 4.52. The second-order valence-electron chi connectivity index (χ2n) is 6.17. The Morgan fingerprint density at radius 3 is 2.67 bits per heavy atom. The number of hydrogen-bond donors (Lipinski definition) is 2. The minimum atomic E-state index is -0.486. The van der Waals surface area contributed by atoms with Gasteiger partial charge in [-0.3, -0.25) is 20.0 Å². The van der Waals surface area contributed by atoms with E-state index in [1.54, 1.807) is 36.4 Å². The molecule has 0 saturated heterocycles. The fraction of sp³-hybridized carbons (Fsp3) is 0.0500. The lowest BCUT2D eigenvalue weighted by molar-refractivity contribution is -0.384. The highest BCUT2D eigenvalue weighted by Gasteiger charge is 2.19. The molecule has 4 rings (SSSR count). The molecule has 1 amide bonds. The maximum absolute atomic E-state index is 12.5. The van der Waals surface area contributed by atoms with E-state index in [0.717, 1.165) is 10.7 Å². The van der Waals surface area contributed by atoms with E-state index in [-0.39, 0.29) is 17.2 Å². The first-order valence-electron chi connectivity index (χ1n) is 8.82. The van der Waals surface area contributed by atoms with E-state index in [9.17, 15) is 14.9 Å². The van der Waals surface area contributed by atoms with Crippen molar-refractivity contribution in [1.82, 2.24) is 15.2 Å². The summed E-state index contributed by atoms with van der Waals surface area (Å²) in [7, 11) is 0. The quantitative estimate of drug-likeness (QED) is 0.255. The molecule has 150 valence electrons. The first-order valence-corrected chi connectivity index (χ1v) is 9.81. The number of carbonyl (C=O) groups is 1. The molecule has 0 unspecified atom stereocenters. The van der Waals surface area contributed by atoms with Crippen LogP contribution < -0.4 is 5.32 Å². The second kappa shape index (κ2) is 8.62. The van der Waals surface area contributed by atoms with Gasteiger partial charge in [0, 0.05) is 17.5 Å². The van der Waals surface area contributed by atoms with Gasteiger partial charge in [0.2, 0.25) is 0 Å². The Morgan fingerprint density at radius 2 is 1.93 bits per heavy atom. The lowest BCUT2D eigenvalue weighted by Crippen LogP contribution is -2.10. The van der Waals surface area contributed by atoms with Crippen LogP contribution in [-0.4, -0.2) is 26.0 Å². The zero-order valence-electron chi connectivity index (χ0n) is 15.4. The van der Waals surface area contributed by atoms with Crippen molar-refractivity contribution in [3.63, 3.8) is 0 Å². The summed E-state index contributed by atoms with van der Waals surface area (Å²) >= 11 is 1.52. The normalized spacial score (nSPS) is 10.7. The molecule has 2 aromatic heterocycles. The van der Waals surface area contributed by atoms with Crippen LogP contribution in [-0.2, 0) is 5.75 Å². The van der Waals surface area contributed by atoms with E-state index >= 15 is 0 Å². The highest BCUT2D eigenvalue weighted by molar-refractivity contribution is 7.98.